The van der Waals surface area contributed by atoms with Crippen molar-refractivity contribution in [2.45, 2.75) is 26.4 Å². The van der Waals surface area contributed by atoms with Crippen LogP contribution in [0.25, 0.3) is 0 Å². The maximum Gasteiger partial charge on any atom is 0.131 e. The molecular weight excluding hydrogens is 218 g/mol. The number of nitrogens with zero attached hydrogens (tertiary/aromatic N) is 2. The lowest BCUT2D eigenvalue weighted by molar-refractivity contribution is 0.181. The summed E-state index contributed by atoms with van der Waals surface area (Å²) in [6.45, 7) is 4.14. The number of methoxy groups -OCH3 is 2. The first-order chi connectivity index (χ1) is 8.30. The van der Waals surface area contributed by atoms with Gasteiger partial charge in [0.15, 0.2) is 0 Å². The average molecular weight is 239 g/mol. The Labute approximate surface area is 103 Å². The predicted octanol–water partition coefficient (Wildman–Crippen LogP) is 1.63. The third kappa shape index (κ3) is 5.10. The van der Waals surface area contributed by atoms with Gasteiger partial charge < -0.3 is 14.8 Å². The summed E-state index contributed by atoms with van der Waals surface area (Å²) >= 11 is 0. The van der Waals surface area contributed by atoms with Gasteiger partial charge >= 0.3 is 0 Å². The Morgan fingerprint density at radius 1 is 1.24 bits per heavy atom. The molecule has 5 nitrogen and oxygen atoms in total. The summed E-state index contributed by atoms with van der Waals surface area (Å²) in [5, 5.41) is 3.20. The van der Waals surface area contributed by atoms with Crippen LogP contribution in [-0.4, -0.2) is 37.3 Å². The van der Waals surface area contributed by atoms with Crippen molar-refractivity contribution >= 4 is 5.82 Å². The largest absolute Gasteiger partial charge is 0.385 e. The molecule has 1 aromatic rings. The predicted molar refractivity (Wildman–Crippen MR) is 67.1 cm³/mol. The fourth-order valence-electron chi connectivity index (χ4n) is 1.53. The quantitative estimate of drug-likeness (QED) is 0.699. The molecule has 96 valence electrons. The van der Waals surface area contributed by atoms with Gasteiger partial charge in [-0.05, 0) is 13.3 Å². The Bertz CT molecular complexity index is 307. The molecule has 1 heterocycles. The van der Waals surface area contributed by atoms with E-state index >= 15 is 0 Å². The van der Waals surface area contributed by atoms with Crippen LogP contribution in [0.2, 0.25) is 0 Å². The van der Waals surface area contributed by atoms with Crippen LogP contribution < -0.4 is 5.32 Å². The van der Waals surface area contributed by atoms with Gasteiger partial charge in [0, 0.05) is 39.9 Å². The Morgan fingerprint density at radius 2 is 2.06 bits per heavy atom. The van der Waals surface area contributed by atoms with Crippen molar-refractivity contribution in [2.75, 3.05) is 32.7 Å². The Kier molecular flexibility index (Phi) is 6.50. The van der Waals surface area contributed by atoms with E-state index in [9.17, 15) is 0 Å². The highest BCUT2D eigenvalue weighted by molar-refractivity contribution is 5.35. The lowest BCUT2D eigenvalue weighted by atomic mass is 10.3. The third-order valence-corrected chi connectivity index (χ3v) is 2.22. The highest BCUT2D eigenvalue weighted by Gasteiger charge is 2.04. The van der Waals surface area contributed by atoms with Crippen LogP contribution in [-0.2, 0) is 22.5 Å². The summed E-state index contributed by atoms with van der Waals surface area (Å²) in [4.78, 5) is 8.89. The molecule has 1 N–H and O–H groups in total. The molecule has 0 bridgehead atoms. The third-order valence-electron chi connectivity index (χ3n) is 2.22. The number of aromatic nitrogens is 2. The van der Waals surface area contributed by atoms with Crippen LogP contribution in [0.1, 0.15) is 24.9 Å². The van der Waals surface area contributed by atoms with Gasteiger partial charge in [0.05, 0.1) is 12.3 Å². The van der Waals surface area contributed by atoms with Gasteiger partial charge in [0.2, 0.25) is 0 Å². The van der Waals surface area contributed by atoms with E-state index in [1.165, 1.54) is 0 Å². The SMILES string of the molecule is CCNc1cc(COC)nc(CCCOC)n1. The van der Waals surface area contributed by atoms with Crippen LogP contribution >= 0.6 is 0 Å². The Balaban J connectivity index is 2.72. The second-order valence-electron chi connectivity index (χ2n) is 3.72. The Hall–Kier alpha value is -1.20. The lowest BCUT2D eigenvalue weighted by Gasteiger charge is -2.08. The summed E-state index contributed by atoms with van der Waals surface area (Å²) in [6, 6.07) is 1.92. The van der Waals surface area contributed by atoms with Crippen LogP contribution in [0.4, 0.5) is 5.82 Å². The van der Waals surface area contributed by atoms with Gasteiger partial charge in [-0.2, -0.15) is 0 Å². The molecule has 0 spiro atoms. The molecule has 17 heavy (non-hydrogen) atoms. The summed E-state index contributed by atoms with van der Waals surface area (Å²) in [5.41, 5.74) is 0.908. The van der Waals surface area contributed by atoms with Crippen molar-refractivity contribution in [1.29, 1.82) is 0 Å². The molecule has 1 aromatic heterocycles. The standard InChI is InChI=1S/C12H21N3O2/c1-4-13-12-8-10(9-17-3)14-11(15-12)6-5-7-16-2/h8H,4-7,9H2,1-3H3,(H,13,14,15). The van der Waals surface area contributed by atoms with Crippen molar-refractivity contribution in [2.24, 2.45) is 0 Å². The smallest absolute Gasteiger partial charge is 0.131 e. The number of rotatable bonds is 8. The molecule has 0 radical (unpaired) electrons. The molecule has 5 heteroatoms. The van der Waals surface area contributed by atoms with Crippen molar-refractivity contribution in [3.63, 3.8) is 0 Å². The Morgan fingerprint density at radius 3 is 2.71 bits per heavy atom. The molecule has 0 fully saturated rings. The van der Waals surface area contributed by atoms with E-state index < -0.39 is 0 Å². The number of aryl methyl sites for hydroxylation is 1. The maximum absolute atomic E-state index is 5.10. The van der Waals surface area contributed by atoms with E-state index in [4.69, 9.17) is 9.47 Å². The average Bonchev–Trinajstić information content (AvgIpc) is 2.30. The number of nitrogens with one attached hydrogen (secondary N) is 1. The second kappa shape index (κ2) is 7.97. The van der Waals surface area contributed by atoms with E-state index in [-0.39, 0.29) is 0 Å². The molecule has 0 aliphatic rings. The molecule has 0 amide bonds. The molecule has 0 atom stereocenters. The molecule has 0 aliphatic carbocycles. The molecule has 0 aromatic carbocycles. The number of anilines is 1. The van der Waals surface area contributed by atoms with E-state index in [0.717, 1.165) is 43.3 Å². The van der Waals surface area contributed by atoms with Gasteiger partial charge in [-0.25, -0.2) is 9.97 Å². The van der Waals surface area contributed by atoms with Crippen LogP contribution in [0.3, 0.4) is 0 Å². The van der Waals surface area contributed by atoms with Crippen molar-refractivity contribution in [1.82, 2.24) is 9.97 Å². The zero-order chi connectivity index (χ0) is 12.5. The molecule has 0 aliphatic heterocycles. The fourth-order valence-corrected chi connectivity index (χ4v) is 1.53. The zero-order valence-corrected chi connectivity index (χ0v) is 10.8. The molecule has 0 unspecified atom stereocenters. The van der Waals surface area contributed by atoms with Crippen LogP contribution in [0.5, 0.6) is 0 Å². The van der Waals surface area contributed by atoms with Gasteiger partial charge in [-0.3, -0.25) is 0 Å². The van der Waals surface area contributed by atoms with Gasteiger partial charge in [0.25, 0.3) is 0 Å². The summed E-state index contributed by atoms with van der Waals surface area (Å²) in [7, 11) is 3.37. The second-order valence-corrected chi connectivity index (χ2v) is 3.72. The van der Waals surface area contributed by atoms with Crippen LogP contribution in [0.15, 0.2) is 6.07 Å². The monoisotopic (exact) mass is 239 g/mol. The highest BCUT2D eigenvalue weighted by Crippen LogP contribution is 2.09. The molecular formula is C12H21N3O2. The number of ether oxygens (including phenoxy) is 2. The minimum Gasteiger partial charge on any atom is -0.385 e. The minimum atomic E-state index is 0.512. The summed E-state index contributed by atoms with van der Waals surface area (Å²) in [6.07, 6.45) is 1.75. The van der Waals surface area contributed by atoms with Crippen molar-refractivity contribution in [3.05, 3.63) is 17.6 Å². The fraction of sp³-hybridized carbons (Fsp3) is 0.667. The van der Waals surface area contributed by atoms with Gasteiger partial charge in [0.1, 0.15) is 11.6 Å². The van der Waals surface area contributed by atoms with Crippen LogP contribution in [0, 0.1) is 0 Å². The van der Waals surface area contributed by atoms with E-state index in [1.54, 1.807) is 14.2 Å². The van der Waals surface area contributed by atoms with E-state index in [0.29, 0.717) is 6.61 Å². The zero-order valence-electron chi connectivity index (χ0n) is 10.8. The molecule has 0 saturated carbocycles. The van der Waals surface area contributed by atoms with E-state index in [2.05, 4.69) is 15.3 Å². The normalized spacial score (nSPS) is 10.5. The first-order valence-corrected chi connectivity index (χ1v) is 5.88. The summed E-state index contributed by atoms with van der Waals surface area (Å²) < 4.78 is 10.1. The summed E-state index contributed by atoms with van der Waals surface area (Å²) in [5.74, 6) is 1.70. The maximum atomic E-state index is 5.10. The van der Waals surface area contributed by atoms with E-state index in [1.807, 2.05) is 13.0 Å². The van der Waals surface area contributed by atoms with Crippen molar-refractivity contribution in [3.8, 4) is 0 Å². The van der Waals surface area contributed by atoms with Crippen molar-refractivity contribution < 1.29 is 9.47 Å². The van der Waals surface area contributed by atoms with Gasteiger partial charge in [-0.1, -0.05) is 0 Å². The number of hydrogen-bond donors (Lipinski definition) is 1. The first kappa shape index (κ1) is 13.9. The van der Waals surface area contributed by atoms with Gasteiger partial charge in [-0.15, -0.1) is 0 Å². The molecule has 0 saturated heterocycles. The lowest BCUT2D eigenvalue weighted by Crippen LogP contribution is -2.07. The number of hydrogen-bond acceptors (Lipinski definition) is 5. The molecule has 1 rings (SSSR count). The topological polar surface area (TPSA) is 56.3 Å². The highest BCUT2D eigenvalue weighted by atomic mass is 16.5. The first-order valence-electron chi connectivity index (χ1n) is 5.88. The minimum absolute atomic E-state index is 0.512.